The highest BCUT2D eigenvalue weighted by molar-refractivity contribution is 7.10. The molecule has 1 unspecified atom stereocenters. The molecule has 3 N–H and O–H groups in total. The van der Waals surface area contributed by atoms with E-state index in [1.54, 1.807) is 23.4 Å². The number of hydrogen-bond acceptors (Lipinski definition) is 4. The first-order valence-corrected chi connectivity index (χ1v) is 7.67. The number of likely N-dealkylation sites (tertiary alicyclic amines) is 1. The van der Waals surface area contributed by atoms with E-state index in [9.17, 15) is 9.59 Å². The second-order valence-electron chi connectivity index (χ2n) is 5.32. The maximum absolute atomic E-state index is 12.5. The van der Waals surface area contributed by atoms with Crippen molar-refractivity contribution in [2.75, 3.05) is 26.7 Å². The van der Waals surface area contributed by atoms with Crippen molar-refractivity contribution in [1.29, 1.82) is 0 Å². The first-order valence-electron chi connectivity index (χ1n) is 6.79. The molecule has 1 aromatic heterocycles. The summed E-state index contributed by atoms with van der Waals surface area (Å²) < 4.78 is 0. The minimum absolute atomic E-state index is 0.0161. The highest BCUT2D eigenvalue weighted by Gasteiger charge is 2.41. The van der Waals surface area contributed by atoms with Crippen molar-refractivity contribution in [2.45, 2.75) is 13.3 Å². The number of nitrogens with one attached hydrogen (secondary N) is 1. The molecule has 1 aromatic rings. The molecule has 21 heavy (non-hydrogen) atoms. The smallest absolute Gasteiger partial charge is 0.254 e. The lowest BCUT2D eigenvalue weighted by Crippen LogP contribution is -2.40. The number of hydrogen-bond donors (Lipinski definition) is 2. The van der Waals surface area contributed by atoms with E-state index in [0.717, 1.165) is 4.88 Å². The first-order chi connectivity index (χ1) is 10.00. The summed E-state index contributed by atoms with van der Waals surface area (Å²) in [5.74, 6) is 5.64. The lowest BCUT2D eigenvalue weighted by atomic mass is 9.89. The summed E-state index contributed by atoms with van der Waals surface area (Å²) in [4.78, 5) is 26.9. The van der Waals surface area contributed by atoms with E-state index in [1.807, 2.05) is 6.92 Å². The molecule has 0 spiro atoms. The van der Waals surface area contributed by atoms with Gasteiger partial charge in [0.1, 0.15) is 0 Å². The normalized spacial score (nSPS) is 20.8. The van der Waals surface area contributed by atoms with Crippen molar-refractivity contribution < 1.29 is 9.59 Å². The standard InChI is InChI=1S/C15H19N3O2S/c1-15(14(20)17-2)5-7-18(10-15)13(19)11-8-12(21-9-11)4-3-6-16/h8-9H,5-7,10,16H2,1-2H3,(H,17,20). The van der Waals surface area contributed by atoms with E-state index in [2.05, 4.69) is 17.2 Å². The Morgan fingerprint density at radius 2 is 2.33 bits per heavy atom. The van der Waals surface area contributed by atoms with E-state index in [0.29, 0.717) is 31.6 Å². The van der Waals surface area contributed by atoms with E-state index in [-0.39, 0.29) is 11.8 Å². The predicted octanol–water partition coefficient (Wildman–Crippen LogP) is 0.656. The van der Waals surface area contributed by atoms with Gasteiger partial charge in [0, 0.05) is 25.5 Å². The second-order valence-corrected chi connectivity index (χ2v) is 6.23. The number of carbonyl (C=O) groups excluding carboxylic acids is 2. The van der Waals surface area contributed by atoms with Gasteiger partial charge in [-0.25, -0.2) is 0 Å². The molecule has 0 aromatic carbocycles. The molecule has 2 amide bonds. The number of carbonyl (C=O) groups is 2. The van der Waals surface area contributed by atoms with Crippen LogP contribution in [0.25, 0.3) is 0 Å². The average molecular weight is 305 g/mol. The zero-order valence-corrected chi connectivity index (χ0v) is 13.0. The lowest BCUT2D eigenvalue weighted by molar-refractivity contribution is -0.128. The molecule has 5 nitrogen and oxygen atoms in total. The van der Waals surface area contributed by atoms with Gasteiger partial charge >= 0.3 is 0 Å². The van der Waals surface area contributed by atoms with Gasteiger partial charge in [-0.15, -0.1) is 11.3 Å². The number of thiophene rings is 1. The van der Waals surface area contributed by atoms with Gasteiger partial charge in [-0.1, -0.05) is 11.8 Å². The van der Waals surface area contributed by atoms with Crippen LogP contribution in [0.5, 0.6) is 0 Å². The van der Waals surface area contributed by atoms with Crippen molar-refractivity contribution in [3.63, 3.8) is 0 Å². The highest BCUT2D eigenvalue weighted by atomic mass is 32.1. The Hall–Kier alpha value is -1.84. The average Bonchev–Trinajstić information content (AvgIpc) is 3.11. The van der Waals surface area contributed by atoms with Gasteiger partial charge in [-0.3, -0.25) is 9.59 Å². The third-order valence-electron chi connectivity index (χ3n) is 3.70. The molecule has 1 saturated heterocycles. The fourth-order valence-corrected chi connectivity index (χ4v) is 3.21. The largest absolute Gasteiger partial charge is 0.359 e. The van der Waals surface area contributed by atoms with Crippen LogP contribution in [0.2, 0.25) is 0 Å². The SMILES string of the molecule is CNC(=O)C1(C)CCN(C(=O)c2csc(C#CCN)c2)C1. The van der Waals surface area contributed by atoms with Gasteiger partial charge in [0.05, 0.1) is 22.4 Å². The maximum Gasteiger partial charge on any atom is 0.254 e. The Kier molecular flexibility index (Phi) is 4.66. The molecular formula is C15H19N3O2S. The number of rotatable bonds is 2. The van der Waals surface area contributed by atoms with Crippen LogP contribution in [0.4, 0.5) is 0 Å². The third-order valence-corrected chi connectivity index (χ3v) is 4.54. The molecule has 112 valence electrons. The summed E-state index contributed by atoms with van der Waals surface area (Å²) in [5, 5.41) is 4.47. The van der Waals surface area contributed by atoms with E-state index < -0.39 is 5.41 Å². The van der Waals surface area contributed by atoms with Crippen LogP contribution in [-0.4, -0.2) is 43.4 Å². The Balaban J connectivity index is 2.08. The molecule has 0 saturated carbocycles. The Morgan fingerprint density at radius 3 is 3.00 bits per heavy atom. The van der Waals surface area contributed by atoms with E-state index in [1.165, 1.54) is 11.3 Å². The van der Waals surface area contributed by atoms with Crippen LogP contribution in [-0.2, 0) is 4.79 Å². The first kappa shape index (κ1) is 15.5. The fourth-order valence-electron chi connectivity index (χ4n) is 2.46. The van der Waals surface area contributed by atoms with Crippen molar-refractivity contribution in [3.8, 4) is 11.8 Å². The van der Waals surface area contributed by atoms with Crippen molar-refractivity contribution in [1.82, 2.24) is 10.2 Å². The summed E-state index contributed by atoms with van der Waals surface area (Å²) in [6, 6.07) is 1.78. The molecule has 1 fully saturated rings. The number of amides is 2. The quantitative estimate of drug-likeness (QED) is 0.788. The molecule has 1 aliphatic rings. The van der Waals surface area contributed by atoms with Crippen LogP contribution in [0.3, 0.4) is 0 Å². The van der Waals surface area contributed by atoms with Gasteiger partial charge in [0.2, 0.25) is 5.91 Å². The lowest BCUT2D eigenvalue weighted by Gasteiger charge is -2.22. The van der Waals surface area contributed by atoms with Gasteiger partial charge in [0.25, 0.3) is 5.91 Å². The van der Waals surface area contributed by atoms with Crippen LogP contribution in [0.1, 0.15) is 28.6 Å². The minimum atomic E-state index is -0.497. The van der Waals surface area contributed by atoms with Crippen LogP contribution in [0.15, 0.2) is 11.4 Å². The van der Waals surface area contributed by atoms with E-state index in [4.69, 9.17) is 5.73 Å². The molecule has 2 rings (SSSR count). The van der Waals surface area contributed by atoms with Crippen LogP contribution >= 0.6 is 11.3 Å². The zero-order valence-electron chi connectivity index (χ0n) is 12.2. The molecule has 1 atom stereocenters. The molecular weight excluding hydrogens is 286 g/mol. The molecule has 2 heterocycles. The van der Waals surface area contributed by atoms with Gasteiger partial charge in [0.15, 0.2) is 0 Å². The molecule has 0 aliphatic carbocycles. The van der Waals surface area contributed by atoms with Crippen LogP contribution < -0.4 is 11.1 Å². The summed E-state index contributed by atoms with van der Waals surface area (Å²) in [5.41, 5.74) is 5.46. The van der Waals surface area contributed by atoms with Crippen LogP contribution in [0, 0.1) is 17.3 Å². The summed E-state index contributed by atoms with van der Waals surface area (Å²) in [6.07, 6.45) is 0.683. The monoisotopic (exact) mass is 305 g/mol. The minimum Gasteiger partial charge on any atom is -0.359 e. The predicted molar refractivity (Wildman–Crippen MR) is 82.9 cm³/mol. The van der Waals surface area contributed by atoms with Gasteiger partial charge in [-0.2, -0.15) is 0 Å². The van der Waals surface area contributed by atoms with Crippen molar-refractivity contribution in [3.05, 3.63) is 21.9 Å². The number of nitrogens with two attached hydrogens (primary N) is 1. The Morgan fingerprint density at radius 1 is 1.57 bits per heavy atom. The maximum atomic E-state index is 12.5. The Labute approximate surface area is 128 Å². The van der Waals surface area contributed by atoms with Gasteiger partial charge in [-0.05, 0) is 19.4 Å². The van der Waals surface area contributed by atoms with Gasteiger partial charge < -0.3 is 16.0 Å². The molecule has 0 radical (unpaired) electrons. The topological polar surface area (TPSA) is 75.4 Å². The molecule has 1 aliphatic heterocycles. The van der Waals surface area contributed by atoms with Crippen molar-refractivity contribution >= 4 is 23.2 Å². The Bertz CT molecular complexity index is 614. The summed E-state index contributed by atoms with van der Waals surface area (Å²) in [7, 11) is 1.62. The highest BCUT2D eigenvalue weighted by Crippen LogP contribution is 2.31. The summed E-state index contributed by atoms with van der Waals surface area (Å²) >= 11 is 1.43. The molecule has 0 bridgehead atoms. The van der Waals surface area contributed by atoms with Crippen molar-refractivity contribution in [2.24, 2.45) is 11.1 Å². The van der Waals surface area contributed by atoms with E-state index >= 15 is 0 Å². The fraction of sp³-hybridized carbons (Fsp3) is 0.467. The molecule has 6 heteroatoms. The second kappa shape index (κ2) is 6.29. The third kappa shape index (κ3) is 3.26. The number of nitrogens with zero attached hydrogens (tertiary/aromatic N) is 1. The summed E-state index contributed by atoms with van der Waals surface area (Å²) in [6.45, 7) is 3.25. The zero-order chi connectivity index (χ0) is 15.5.